The molecule has 0 saturated carbocycles. The lowest BCUT2D eigenvalue weighted by Gasteiger charge is -2.03. The Balaban J connectivity index is 2.99. The summed E-state index contributed by atoms with van der Waals surface area (Å²) in [6, 6.07) is 5.06. The van der Waals surface area contributed by atoms with Crippen LogP contribution in [-0.2, 0) is 10.8 Å². The van der Waals surface area contributed by atoms with Gasteiger partial charge in [0.25, 0.3) is 0 Å². The Morgan fingerprint density at radius 2 is 2.23 bits per heavy atom. The van der Waals surface area contributed by atoms with E-state index in [1.165, 1.54) is 0 Å². The summed E-state index contributed by atoms with van der Waals surface area (Å²) in [5.41, 5.74) is 6.17. The molecule has 0 fully saturated rings. The van der Waals surface area contributed by atoms with Gasteiger partial charge in [0.05, 0.1) is 20.7 Å². The summed E-state index contributed by atoms with van der Waals surface area (Å²) in [6.45, 7) is 1.98. The van der Waals surface area contributed by atoms with E-state index in [1.807, 2.05) is 6.92 Å². The maximum absolute atomic E-state index is 11.6. The van der Waals surface area contributed by atoms with Crippen LogP contribution in [0, 0.1) is 0 Å². The van der Waals surface area contributed by atoms with Crippen LogP contribution in [0.5, 0.6) is 0 Å². The first-order valence-electron chi connectivity index (χ1n) is 4.08. The third kappa shape index (κ3) is 2.71. The van der Waals surface area contributed by atoms with Crippen LogP contribution < -0.4 is 5.73 Å². The molecular weight excluding hydrogens is 206 g/mol. The number of nitrogen functional groups attached to an aromatic ring is 1. The number of anilines is 1. The van der Waals surface area contributed by atoms with Crippen LogP contribution in [-0.4, -0.2) is 9.96 Å². The van der Waals surface area contributed by atoms with Gasteiger partial charge < -0.3 is 5.73 Å². The summed E-state index contributed by atoms with van der Waals surface area (Å²) in [4.78, 5) is 0.642. The highest BCUT2D eigenvalue weighted by Gasteiger charge is 2.07. The highest BCUT2D eigenvalue weighted by molar-refractivity contribution is 7.85. The van der Waals surface area contributed by atoms with E-state index < -0.39 is 10.8 Å². The van der Waals surface area contributed by atoms with E-state index in [1.54, 1.807) is 18.2 Å². The number of hydrogen-bond acceptors (Lipinski definition) is 2. The summed E-state index contributed by atoms with van der Waals surface area (Å²) < 4.78 is 11.6. The first kappa shape index (κ1) is 10.5. The molecule has 0 aliphatic carbocycles. The van der Waals surface area contributed by atoms with Gasteiger partial charge in [0.15, 0.2) is 0 Å². The van der Waals surface area contributed by atoms with E-state index >= 15 is 0 Å². The van der Waals surface area contributed by atoms with Crippen molar-refractivity contribution >= 4 is 28.1 Å². The molecule has 0 radical (unpaired) electrons. The summed E-state index contributed by atoms with van der Waals surface area (Å²) >= 11 is 5.88. The lowest BCUT2D eigenvalue weighted by Crippen LogP contribution is -1.98. The van der Waals surface area contributed by atoms with E-state index in [9.17, 15) is 4.21 Å². The van der Waals surface area contributed by atoms with Crippen LogP contribution in [0.1, 0.15) is 13.3 Å². The van der Waals surface area contributed by atoms with Crippen molar-refractivity contribution in [2.75, 3.05) is 11.5 Å². The molecule has 0 aliphatic heterocycles. The summed E-state index contributed by atoms with van der Waals surface area (Å²) in [5, 5.41) is 0.529. The minimum atomic E-state index is -1.02. The molecule has 2 nitrogen and oxygen atoms in total. The molecule has 1 atom stereocenters. The molecule has 1 rings (SSSR count). The molecular formula is C9H12ClNOS. The predicted molar refractivity (Wildman–Crippen MR) is 57.4 cm³/mol. The van der Waals surface area contributed by atoms with E-state index in [2.05, 4.69) is 0 Å². The molecule has 1 aromatic rings. The molecule has 0 amide bonds. The largest absolute Gasteiger partial charge is 0.399 e. The molecule has 2 N–H and O–H groups in total. The molecule has 0 bridgehead atoms. The summed E-state index contributed by atoms with van der Waals surface area (Å²) in [7, 11) is -1.02. The van der Waals surface area contributed by atoms with Gasteiger partial charge in [0.2, 0.25) is 0 Å². The number of benzene rings is 1. The highest BCUT2D eigenvalue weighted by atomic mass is 35.5. The molecule has 0 saturated heterocycles. The molecule has 0 spiro atoms. The van der Waals surface area contributed by atoms with Crippen molar-refractivity contribution in [3.05, 3.63) is 23.2 Å². The zero-order chi connectivity index (χ0) is 9.84. The standard InChI is InChI=1S/C9H12ClNOS/c1-2-5-13(12)9-6-7(11)3-4-8(9)10/h3-4,6H,2,5,11H2,1H3. The van der Waals surface area contributed by atoms with Crippen LogP contribution in [0.4, 0.5) is 5.69 Å². The van der Waals surface area contributed by atoms with Gasteiger partial charge in [-0.15, -0.1) is 0 Å². The minimum Gasteiger partial charge on any atom is -0.399 e. The predicted octanol–water partition coefficient (Wildman–Crippen LogP) is 2.44. The number of nitrogens with two attached hydrogens (primary N) is 1. The first-order valence-corrected chi connectivity index (χ1v) is 5.78. The Labute approximate surface area is 85.5 Å². The van der Waals surface area contributed by atoms with Gasteiger partial charge in [-0.3, -0.25) is 4.21 Å². The average molecular weight is 218 g/mol. The molecule has 1 aromatic carbocycles. The Hall–Kier alpha value is -0.540. The van der Waals surface area contributed by atoms with Crippen LogP contribution in [0.25, 0.3) is 0 Å². The Bertz CT molecular complexity index is 327. The minimum absolute atomic E-state index is 0.529. The Morgan fingerprint density at radius 3 is 2.85 bits per heavy atom. The smallest absolute Gasteiger partial charge is 0.0594 e. The molecule has 0 heterocycles. The quantitative estimate of drug-likeness (QED) is 0.791. The van der Waals surface area contributed by atoms with E-state index in [0.717, 1.165) is 6.42 Å². The van der Waals surface area contributed by atoms with Crippen LogP contribution in [0.2, 0.25) is 5.02 Å². The first-order chi connectivity index (χ1) is 6.15. The fourth-order valence-corrected chi connectivity index (χ4v) is 2.51. The van der Waals surface area contributed by atoms with E-state index in [-0.39, 0.29) is 0 Å². The lowest BCUT2D eigenvalue weighted by atomic mass is 10.3. The van der Waals surface area contributed by atoms with Crippen LogP contribution >= 0.6 is 11.6 Å². The second-order valence-electron chi connectivity index (χ2n) is 2.74. The Morgan fingerprint density at radius 1 is 1.54 bits per heavy atom. The van der Waals surface area contributed by atoms with Gasteiger partial charge in [-0.25, -0.2) is 0 Å². The number of hydrogen-bond donors (Lipinski definition) is 1. The lowest BCUT2D eigenvalue weighted by molar-refractivity contribution is 0.682. The topological polar surface area (TPSA) is 43.1 Å². The van der Waals surface area contributed by atoms with Crippen molar-refractivity contribution in [2.24, 2.45) is 0 Å². The van der Waals surface area contributed by atoms with Gasteiger partial charge in [0.1, 0.15) is 0 Å². The second kappa shape index (κ2) is 4.63. The van der Waals surface area contributed by atoms with Gasteiger partial charge in [-0.2, -0.15) is 0 Å². The van der Waals surface area contributed by atoms with Crippen molar-refractivity contribution in [1.29, 1.82) is 0 Å². The highest BCUT2D eigenvalue weighted by Crippen LogP contribution is 2.22. The fourth-order valence-electron chi connectivity index (χ4n) is 0.990. The van der Waals surface area contributed by atoms with Crippen molar-refractivity contribution in [3.8, 4) is 0 Å². The third-order valence-electron chi connectivity index (χ3n) is 1.59. The molecule has 1 unspecified atom stereocenters. The van der Waals surface area contributed by atoms with E-state index in [4.69, 9.17) is 17.3 Å². The van der Waals surface area contributed by atoms with Crippen LogP contribution in [0.15, 0.2) is 23.1 Å². The zero-order valence-corrected chi connectivity index (χ0v) is 8.99. The number of halogens is 1. The van der Waals surface area contributed by atoms with Gasteiger partial charge >= 0.3 is 0 Å². The zero-order valence-electron chi connectivity index (χ0n) is 7.42. The maximum Gasteiger partial charge on any atom is 0.0594 e. The summed E-state index contributed by atoms with van der Waals surface area (Å²) in [6.07, 6.45) is 0.873. The third-order valence-corrected chi connectivity index (χ3v) is 3.64. The maximum atomic E-state index is 11.6. The Kier molecular flexibility index (Phi) is 3.75. The normalized spacial score (nSPS) is 12.8. The average Bonchev–Trinajstić information content (AvgIpc) is 2.09. The van der Waals surface area contributed by atoms with Crippen LogP contribution in [0.3, 0.4) is 0 Å². The molecule has 0 aromatic heterocycles. The van der Waals surface area contributed by atoms with Crippen molar-refractivity contribution in [1.82, 2.24) is 0 Å². The van der Waals surface area contributed by atoms with Crippen molar-refractivity contribution in [3.63, 3.8) is 0 Å². The molecule has 4 heteroatoms. The van der Waals surface area contributed by atoms with Gasteiger partial charge in [-0.1, -0.05) is 18.5 Å². The summed E-state index contributed by atoms with van der Waals surface area (Å²) in [5.74, 6) is 0.628. The number of rotatable bonds is 3. The van der Waals surface area contributed by atoms with Gasteiger partial charge in [-0.05, 0) is 24.6 Å². The van der Waals surface area contributed by atoms with Crippen molar-refractivity contribution in [2.45, 2.75) is 18.2 Å². The second-order valence-corrected chi connectivity index (χ2v) is 4.69. The monoisotopic (exact) mass is 217 g/mol. The molecule has 13 heavy (non-hydrogen) atoms. The molecule has 72 valence electrons. The van der Waals surface area contributed by atoms with Crippen molar-refractivity contribution < 1.29 is 4.21 Å². The SMILES string of the molecule is CCCS(=O)c1cc(N)ccc1Cl. The fraction of sp³-hybridized carbons (Fsp3) is 0.333. The van der Waals surface area contributed by atoms with Gasteiger partial charge in [0, 0.05) is 11.4 Å². The molecule has 0 aliphatic rings. The van der Waals surface area contributed by atoms with E-state index in [0.29, 0.717) is 21.4 Å².